The summed E-state index contributed by atoms with van der Waals surface area (Å²) in [6.07, 6.45) is 0. The Balaban J connectivity index is 1.61. The van der Waals surface area contributed by atoms with Crippen LogP contribution in [0.1, 0.15) is 17.2 Å². The number of nitrogens with two attached hydrogens (primary N) is 1. The molecule has 0 radical (unpaired) electrons. The number of rotatable bonds is 2. The van der Waals surface area contributed by atoms with Gasteiger partial charge in [-0.1, -0.05) is 6.07 Å². The Bertz CT molecular complexity index is 789. The molecule has 2 aliphatic rings. The second-order valence-corrected chi connectivity index (χ2v) is 5.47. The van der Waals surface area contributed by atoms with Crippen LogP contribution in [0.5, 0.6) is 11.5 Å². The van der Waals surface area contributed by atoms with Crippen molar-refractivity contribution < 1.29 is 14.2 Å². The molecular weight excluding hydrogens is 294 g/mol. The molecule has 6 heteroatoms. The lowest BCUT2D eigenvalue weighted by Crippen LogP contribution is -2.32. The van der Waals surface area contributed by atoms with E-state index < -0.39 is 0 Å². The maximum Gasteiger partial charge on any atom is 0.290 e. The summed E-state index contributed by atoms with van der Waals surface area (Å²) >= 11 is 0. The van der Waals surface area contributed by atoms with Crippen molar-refractivity contribution >= 4 is 17.4 Å². The van der Waals surface area contributed by atoms with E-state index in [1.54, 1.807) is 7.11 Å². The van der Waals surface area contributed by atoms with Gasteiger partial charge in [-0.05, 0) is 30.3 Å². The Morgan fingerprint density at radius 1 is 1.26 bits per heavy atom. The largest absolute Gasteiger partial charge is 0.496 e. The number of anilines is 1. The Morgan fingerprint density at radius 2 is 2.17 bits per heavy atom. The maximum atomic E-state index is 5.78. The number of ether oxygens (including phenoxy) is 3. The fourth-order valence-electron chi connectivity index (χ4n) is 2.88. The lowest BCUT2D eigenvalue weighted by atomic mass is 10.1. The number of nitrogen functional groups attached to an aromatic ring is 1. The lowest BCUT2D eigenvalue weighted by Gasteiger charge is -2.21. The molecular formula is C17H17N3O3. The van der Waals surface area contributed by atoms with Crippen LogP contribution in [0.15, 0.2) is 41.4 Å². The summed E-state index contributed by atoms with van der Waals surface area (Å²) in [5.41, 5.74) is 9.33. The molecule has 118 valence electrons. The van der Waals surface area contributed by atoms with Crippen molar-refractivity contribution in [3.63, 3.8) is 0 Å². The molecule has 1 unspecified atom stereocenters. The van der Waals surface area contributed by atoms with Gasteiger partial charge in [0.2, 0.25) is 0 Å². The van der Waals surface area contributed by atoms with Crippen LogP contribution in [0, 0.1) is 0 Å². The predicted molar refractivity (Wildman–Crippen MR) is 87.1 cm³/mol. The van der Waals surface area contributed by atoms with Gasteiger partial charge in [0.15, 0.2) is 0 Å². The zero-order valence-corrected chi connectivity index (χ0v) is 12.7. The van der Waals surface area contributed by atoms with Crippen LogP contribution in [-0.4, -0.2) is 19.7 Å². The van der Waals surface area contributed by atoms with Gasteiger partial charge in [-0.2, -0.15) is 4.99 Å². The van der Waals surface area contributed by atoms with Crippen molar-refractivity contribution in [2.24, 2.45) is 4.99 Å². The Hall–Kier alpha value is -2.89. The van der Waals surface area contributed by atoms with Crippen molar-refractivity contribution in [3.05, 3.63) is 47.5 Å². The summed E-state index contributed by atoms with van der Waals surface area (Å²) in [5, 5.41) is 3.30. The van der Waals surface area contributed by atoms with Gasteiger partial charge in [0, 0.05) is 11.3 Å². The maximum absolute atomic E-state index is 5.78. The average molecular weight is 311 g/mol. The van der Waals surface area contributed by atoms with E-state index in [1.807, 2.05) is 36.4 Å². The molecule has 0 saturated carbocycles. The first kappa shape index (κ1) is 13.8. The molecule has 0 aromatic heterocycles. The standard InChI is InChI=1S/C17H17N3O3/c1-21-14-3-2-4-15-16(14)13(9-22-15)20-17-19-12-6-5-11(18)7-10(12)8-23-17/h2-7,13H,8-9,18H2,1H3,(H,19,20). The summed E-state index contributed by atoms with van der Waals surface area (Å²) in [5.74, 6) is 1.62. The average Bonchev–Trinajstić information content (AvgIpc) is 2.98. The molecule has 2 aromatic rings. The molecule has 0 bridgehead atoms. The lowest BCUT2D eigenvalue weighted by molar-refractivity contribution is 0.256. The first-order valence-corrected chi connectivity index (χ1v) is 7.41. The first-order valence-electron chi connectivity index (χ1n) is 7.41. The molecule has 4 rings (SSSR count). The smallest absolute Gasteiger partial charge is 0.290 e. The summed E-state index contributed by atoms with van der Waals surface area (Å²) in [6.45, 7) is 0.950. The van der Waals surface area contributed by atoms with Crippen molar-refractivity contribution in [1.29, 1.82) is 0 Å². The Labute approximate surface area is 133 Å². The third kappa shape index (κ3) is 2.42. The zero-order valence-electron chi connectivity index (χ0n) is 12.7. The Kier molecular flexibility index (Phi) is 3.22. The normalized spacial score (nSPS) is 18.1. The van der Waals surface area contributed by atoms with E-state index in [0.29, 0.717) is 24.9 Å². The highest BCUT2D eigenvalue weighted by Crippen LogP contribution is 2.39. The van der Waals surface area contributed by atoms with E-state index in [9.17, 15) is 0 Å². The van der Waals surface area contributed by atoms with Gasteiger partial charge < -0.3 is 25.3 Å². The van der Waals surface area contributed by atoms with E-state index in [0.717, 1.165) is 28.3 Å². The van der Waals surface area contributed by atoms with Gasteiger partial charge in [-0.3, -0.25) is 0 Å². The summed E-state index contributed by atoms with van der Waals surface area (Å²) < 4.78 is 16.8. The molecule has 2 heterocycles. The second-order valence-electron chi connectivity index (χ2n) is 5.47. The summed E-state index contributed by atoms with van der Waals surface area (Å²) in [6, 6.07) is 11.8. The predicted octanol–water partition coefficient (Wildman–Crippen LogP) is 2.52. The number of hydrogen-bond acceptors (Lipinski definition) is 6. The highest BCUT2D eigenvalue weighted by atomic mass is 16.5. The van der Waals surface area contributed by atoms with Gasteiger partial charge in [-0.25, -0.2) is 0 Å². The summed E-state index contributed by atoms with van der Waals surface area (Å²) in [7, 11) is 1.65. The number of amidine groups is 1. The molecule has 0 amide bonds. The van der Waals surface area contributed by atoms with E-state index in [2.05, 4.69) is 10.3 Å². The van der Waals surface area contributed by atoms with Gasteiger partial charge >= 0.3 is 0 Å². The monoisotopic (exact) mass is 311 g/mol. The second kappa shape index (κ2) is 5.39. The van der Waals surface area contributed by atoms with Gasteiger partial charge in [0.25, 0.3) is 6.02 Å². The number of aliphatic imine (C=N–C) groups is 1. The molecule has 2 aliphatic heterocycles. The molecule has 0 spiro atoms. The fraction of sp³-hybridized carbons (Fsp3) is 0.235. The minimum atomic E-state index is -0.0600. The minimum absolute atomic E-state index is 0.0600. The van der Waals surface area contributed by atoms with Crippen LogP contribution in [0.2, 0.25) is 0 Å². The minimum Gasteiger partial charge on any atom is -0.496 e. The van der Waals surface area contributed by atoms with Crippen LogP contribution in [0.4, 0.5) is 11.4 Å². The molecule has 1 atom stereocenters. The van der Waals surface area contributed by atoms with E-state index in [-0.39, 0.29) is 6.04 Å². The molecule has 0 saturated heterocycles. The fourth-order valence-corrected chi connectivity index (χ4v) is 2.88. The summed E-state index contributed by atoms with van der Waals surface area (Å²) in [4.78, 5) is 4.51. The van der Waals surface area contributed by atoms with E-state index in [1.165, 1.54) is 0 Å². The third-order valence-electron chi connectivity index (χ3n) is 3.99. The number of methoxy groups -OCH3 is 1. The van der Waals surface area contributed by atoms with Crippen LogP contribution < -0.4 is 20.5 Å². The van der Waals surface area contributed by atoms with Crippen molar-refractivity contribution in [3.8, 4) is 11.5 Å². The van der Waals surface area contributed by atoms with Crippen molar-refractivity contribution in [2.45, 2.75) is 12.6 Å². The number of fused-ring (bicyclic) bond motifs is 2. The van der Waals surface area contributed by atoms with E-state index >= 15 is 0 Å². The molecule has 6 nitrogen and oxygen atoms in total. The quantitative estimate of drug-likeness (QED) is 0.833. The number of nitrogens with one attached hydrogen (secondary N) is 1. The van der Waals surface area contributed by atoms with Gasteiger partial charge in [-0.15, -0.1) is 0 Å². The van der Waals surface area contributed by atoms with Gasteiger partial charge in [0.1, 0.15) is 24.7 Å². The number of benzene rings is 2. The number of hydrogen-bond donors (Lipinski definition) is 2. The molecule has 23 heavy (non-hydrogen) atoms. The zero-order chi connectivity index (χ0) is 15.8. The molecule has 0 aliphatic carbocycles. The molecule has 3 N–H and O–H groups in total. The number of nitrogens with zero attached hydrogens (tertiary/aromatic N) is 1. The highest BCUT2D eigenvalue weighted by molar-refractivity contribution is 5.80. The SMILES string of the molecule is COc1cccc2c1C(NC1=Nc3ccc(N)cc3CO1)CO2. The van der Waals surface area contributed by atoms with Crippen LogP contribution in [0.3, 0.4) is 0 Å². The molecule has 0 fully saturated rings. The Morgan fingerprint density at radius 3 is 3.04 bits per heavy atom. The van der Waals surface area contributed by atoms with Crippen molar-refractivity contribution in [1.82, 2.24) is 5.32 Å². The van der Waals surface area contributed by atoms with Crippen molar-refractivity contribution in [2.75, 3.05) is 19.5 Å². The van der Waals surface area contributed by atoms with Gasteiger partial charge in [0.05, 0.1) is 24.4 Å². The third-order valence-corrected chi connectivity index (χ3v) is 3.99. The van der Waals surface area contributed by atoms with Crippen LogP contribution in [-0.2, 0) is 11.3 Å². The highest BCUT2D eigenvalue weighted by Gasteiger charge is 2.29. The first-order chi connectivity index (χ1) is 11.2. The van der Waals surface area contributed by atoms with Crippen LogP contribution >= 0.6 is 0 Å². The molecule has 2 aromatic carbocycles. The topological polar surface area (TPSA) is 78.1 Å². The van der Waals surface area contributed by atoms with E-state index in [4.69, 9.17) is 19.9 Å². The van der Waals surface area contributed by atoms with Crippen LogP contribution in [0.25, 0.3) is 0 Å².